The number of aliphatic hydroxyl groups is 1. The molecule has 3 nitrogen and oxygen atoms in total. The third-order valence-electron chi connectivity index (χ3n) is 2.75. The summed E-state index contributed by atoms with van der Waals surface area (Å²) in [6.07, 6.45) is 3.63. The van der Waals surface area contributed by atoms with E-state index in [1.165, 1.54) is 6.07 Å². The van der Waals surface area contributed by atoms with Crippen molar-refractivity contribution >= 4 is 0 Å². The smallest absolute Gasteiger partial charge is 0.126 e. The molecule has 2 aromatic rings. The van der Waals surface area contributed by atoms with Crippen LogP contribution in [0.4, 0.5) is 4.39 Å². The van der Waals surface area contributed by atoms with E-state index in [1.807, 2.05) is 17.8 Å². The van der Waals surface area contributed by atoms with Crippen LogP contribution in [0.1, 0.15) is 11.4 Å². The topological polar surface area (TPSA) is 38.0 Å². The van der Waals surface area contributed by atoms with Crippen LogP contribution in [-0.4, -0.2) is 20.8 Å². The number of nitrogens with zero attached hydrogens (tertiary/aromatic N) is 2. The summed E-state index contributed by atoms with van der Waals surface area (Å²) in [7, 11) is 1.87. The number of aryl methyl sites for hydroxylation is 1. The molecular formula is C13H15FN2O. The summed E-state index contributed by atoms with van der Waals surface area (Å²) >= 11 is 0. The lowest BCUT2D eigenvalue weighted by molar-refractivity contribution is 0.170. The number of hydrogen-bond donors (Lipinski definition) is 1. The van der Waals surface area contributed by atoms with Gasteiger partial charge in [-0.15, -0.1) is 0 Å². The van der Waals surface area contributed by atoms with E-state index in [1.54, 1.807) is 24.4 Å². The monoisotopic (exact) mass is 234 g/mol. The van der Waals surface area contributed by atoms with Crippen LogP contribution in [-0.2, 0) is 19.9 Å². The summed E-state index contributed by atoms with van der Waals surface area (Å²) in [5, 5.41) is 9.90. The second kappa shape index (κ2) is 5.10. The molecule has 1 aromatic heterocycles. The molecule has 0 saturated carbocycles. The molecule has 17 heavy (non-hydrogen) atoms. The molecule has 0 spiro atoms. The van der Waals surface area contributed by atoms with Crippen molar-refractivity contribution in [3.05, 3.63) is 53.9 Å². The summed E-state index contributed by atoms with van der Waals surface area (Å²) < 4.78 is 15.2. The second-order valence-corrected chi connectivity index (χ2v) is 4.11. The zero-order valence-corrected chi connectivity index (χ0v) is 9.68. The van der Waals surface area contributed by atoms with E-state index in [9.17, 15) is 9.50 Å². The summed E-state index contributed by atoms with van der Waals surface area (Å²) in [6.45, 7) is 0. The Morgan fingerprint density at radius 1 is 1.35 bits per heavy atom. The fraction of sp³-hybridized carbons (Fsp3) is 0.308. The average Bonchev–Trinajstić information content (AvgIpc) is 2.68. The molecule has 0 aliphatic carbocycles. The molecule has 0 fully saturated rings. The van der Waals surface area contributed by atoms with Crippen molar-refractivity contribution in [2.75, 3.05) is 0 Å². The van der Waals surface area contributed by atoms with Gasteiger partial charge in [-0.05, 0) is 11.6 Å². The molecule has 2 rings (SSSR count). The lowest BCUT2D eigenvalue weighted by Crippen LogP contribution is -2.17. The molecule has 1 atom stereocenters. The molecule has 90 valence electrons. The first-order valence-electron chi connectivity index (χ1n) is 5.54. The highest BCUT2D eigenvalue weighted by atomic mass is 19.1. The van der Waals surface area contributed by atoms with E-state index < -0.39 is 6.10 Å². The van der Waals surface area contributed by atoms with E-state index in [4.69, 9.17) is 0 Å². The Hall–Kier alpha value is -1.68. The number of rotatable bonds is 4. The van der Waals surface area contributed by atoms with Crippen LogP contribution in [0.3, 0.4) is 0 Å². The summed E-state index contributed by atoms with van der Waals surface area (Å²) in [4.78, 5) is 4.13. The van der Waals surface area contributed by atoms with Crippen LogP contribution < -0.4 is 0 Å². The molecule has 0 saturated heterocycles. The van der Waals surface area contributed by atoms with Crippen LogP contribution in [0, 0.1) is 5.82 Å². The largest absolute Gasteiger partial charge is 0.392 e. The molecular weight excluding hydrogens is 219 g/mol. The van der Waals surface area contributed by atoms with Crippen molar-refractivity contribution in [2.24, 2.45) is 7.05 Å². The van der Waals surface area contributed by atoms with Gasteiger partial charge >= 0.3 is 0 Å². The Balaban J connectivity index is 2.01. The highest BCUT2D eigenvalue weighted by molar-refractivity contribution is 5.18. The lowest BCUT2D eigenvalue weighted by atomic mass is 10.1. The van der Waals surface area contributed by atoms with Gasteiger partial charge in [0, 0.05) is 32.3 Å². The second-order valence-electron chi connectivity index (χ2n) is 4.11. The Bertz CT molecular complexity index is 496. The third kappa shape index (κ3) is 2.91. The molecule has 0 amide bonds. The molecule has 1 N–H and O–H groups in total. The molecule has 0 aliphatic rings. The van der Waals surface area contributed by atoms with E-state index in [-0.39, 0.29) is 5.82 Å². The zero-order chi connectivity index (χ0) is 12.3. The van der Waals surface area contributed by atoms with E-state index in [2.05, 4.69) is 4.98 Å². The van der Waals surface area contributed by atoms with Crippen LogP contribution in [0.2, 0.25) is 0 Å². The standard InChI is InChI=1S/C13H15FN2O/c1-16-7-6-15-13(16)9-11(17)8-10-4-2-3-5-12(10)14/h2-7,11,17H,8-9H2,1H3. The van der Waals surface area contributed by atoms with Crippen molar-refractivity contribution < 1.29 is 9.50 Å². The highest BCUT2D eigenvalue weighted by Gasteiger charge is 2.12. The van der Waals surface area contributed by atoms with Crippen LogP contribution >= 0.6 is 0 Å². The minimum atomic E-state index is -0.618. The van der Waals surface area contributed by atoms with Gasteiger partial charge in [0.25, 0.3) is 0 Å². The number of imidazole rings is 1. The van der Waals surface area contributed by atoms with E-state index in [0.29, 0.717) is 18.4 Å². The van der Waals surface area contributed by atoms with Gasteiger partial charge in [0.05, 0.1) is 6.10 Å². The van der Waals surface area contributed by atoms with Gasteiger partial charge in [0.1, 0.15) is 11.6 Å². The van der Waals surface area contributed by atoms with Gasteiger partial charge in [-0.3, -0.25) is 0 Å². The summed E-state index contributed by atoms with van der Waals surface area (Å²) in [6, 6.07) is 6.51. The Morgan fingerprint density at radius 2 is 2.12 bits per heavy atom. The van der Waals surface area contributed by atoms with Crippen molar-refractivity contribution in [3.8, 4) is 0 Å². The summed E-state index contributed by atoms with van der Waals surface area (Å²) in [5.74, 6) is 0.528. The fourth-order valence-electron chi connectivity index (χ4n) is 1.79. The first-order chi connectivity index (χ1) is 8.16. The van der Waals surface area contributed by atoms with Gasteiger partial charge in [-0.1, -0.05) is 18.2 Å². The van der Waals surface area contributed by atoms with Crippen LogP contribution in [0.15, 0.2) is 36.7 Å². The van der Waals surface area contributed by atoms with Crippen molar-refractivity contribution in [2.45, 2.75) is 18.9 Å². The third-order valence-corrected chi connectivity index (χ3v) is 2.75. The maximum atomic E-state index is 13.4. The van der Waals surface area contributed by atoms with E-state index >= 15 is 0 Å². The maximum absolute atomic E-state index is 13.4. The highest BCUT2D eigenvalue weighted by Crippen LogP contribution is 2.11. The first-order valence-corrected chi connectivity index (χ1v) is 5.54. The van der Waals surface area contributed by atoms with E-state index in [0.717, 1.165) is 5.82 Å². The van der Waals surface area contributed by atoms with Gasteiger partial charge < -0.3 is 9.67 Å². The Kier molecular flexibility index (Phi) is 3.54. The molecule has 0 radical (unpaired) electrons. The molecule has 1 unspecified atom stereocenters. The Morgan fingerprint density at radius 3 is 2.76 bits per heavy atom. The predicted molar refractivity (Wildman–Crippen MR) is 63.0 cm³/mol. The quantitative estimate of drug-likeness (QED) is 0.874. The van der Waals surface area contributed by atoms with Crippen molar-refractivity contribution in [3.63, 3.8) is 0 Å². The molecule has 1 heterocycles. The molecule has 4 heteroatoms. The molecule has 1 aromatic carbocycles. The van der Waals surface area contributed by atoms with Crippen molar-refractivity contribution in [1.82, 2.24) is 9.55 Å². The van der Waals surface area contributed by atoms with Gasteiger partial charge in [0.15, 0.2) is 0 Å². The van der Waals surface area contributed by atoms with Gasteiger partial charge in [0.2, 0.25) is 0 Å². The normalized spacial score (nSPS) is 12.6. The maximum Gasteiger partial charge on any atom is 0.126 e. The number of aliphatic hydroxyl groups excluding tert-OH is 1. The minimum absolute atomic E-state index is 0.272. The van der Waals surface area contributed by atoms with Crippen molar-refractivity contribution in [1.29, 1.82) is 0 Å². The number of aromatic nitrogens is 2. The first kappa shape index (κ1) is 11.8. The van der Waals surface area contributed by atoms with Gasteiger partial charge in [-0.2, -0.15) is 0 Å². The van der Waals surface area contributed by atoms with Crippen LogP contribution in [0.25, 0.3) is 0 Å². The molecule has 0 bridgehead atoms. The molecule has 0 aliphatic heterocycles. The number of hydrogen-bond acceptors (Lipinski definition) is 2. The predicted octanol–water partition coefficient (Wildman–Crippen LogP) is 1.71. The van der Waals surface area contributed by atoms with Crippen LogP contribution in [0.5, 0.6) is 0 Å². The fourth-order valence-corrected chi connectivity index (χ4v) is 1.79. The number of halogens is 1. The average molecular weight is 234 g/mol. The number of benzene rings is 1. The summed E-state index contributed by atoms with van der Waals surface area (Å²) in [5.41, 5.74) is 0.536. The van der Waals surface area contributed by atoms with Gasteiger partial charge in [-0.25, -0.2) is 9.37 Å². The zero-order valence-electron chi connectivity index (χ0n) is 9.68. The SMILES string of the molecule is Cn1ccnc1CC(O)Cc1ccccc1F. The lowest BCUT2D eigenvalue weighted by Gasteiger charge is -2.11. The minimum Gasteiger partial charge on any atom is -0.392 e. The Labute approximate surface area is 99.5 Å².